The molecule has 5 nitrogen and oxygen atoms in total. The van der Waals surface area contributed by atoms with Crippen molar-refractivity contribution < 1.29 is 13.2 Å². The van der Waals surface area contributed by atoms with Gasteiger partial charge in [0.05, 0.1) is 11.8 Å². The number of sulfone groups is 1. The number of nitrogens with zero attached hydrogens (tertiary/aromatic N) is 1. The van der Waals surface area contributed by atoms with E-state index in [1.165, 1.54) is 19.1 Å². The van der Waals surface area contributed by atoms with Crippen molar-refractivity contribution in [1.82, 2.24) is 4.90 Å². The fourth-order valence-electron chi connectivity index (χ4n) is 2.55. The summed E-state index contributed by atoms with van der Waals surface area (Å²) in [7, 11) is -3.05. The quantitative estimate of drug-likeness (QED) is 0.784. The Morgan fingerprint density at radius 1 is 1.37 bits per heavy atom. The third-order valence-corrected chi connectivity index (χ3v) is 4.72. The van der Waals surface area contributed by atoms with Crippen molar-refractivity contribution in [2.45, 2.75) is 45.1 Å². The number of nitrogens with two attached hydrogens (primary N) is 1. The van der Waals surface area contributed by atoms with Crippen molar-refractivity contribution in [3.05, 3.63) is 0 Å². The van der Waals surface area contributed by atoms with Crippen LogP contribution in [0.25, 0.3) is 0 Å². The third-order valence-electron chi connectivity index (χ3n) is 3.74. The molecule has 0 aromatic carbocycles. The molecule has 1 unspecified atom stereocenters. The second-order valence-electron chi connectivity index (χ2n) is 5.58. The minimum atomic E-state index is -3.05. The standard InChI is InChI=1S/C13H26N2O3S/c1-3-4-11-5-8-15(9-6-11)13(16)12(14)7-10-19(2,17)18/h11-12H,3-10,14H2,1-2H3. The van der Waals surface area contributed by atoms with Gasteiger partial charge in [0.15, 0.2) is 0 Å². The SMILES string of the molecule is CCCC1CCN(C(=O)C(N)CCS(C)(=O)=O)CC1. The summed E-state index contributed by atoms with van der Waals surface area (Å²) in [6.45, 7) is 3.70. The van der Waals surface area contributed by atoms with Crippen LogP contribution in [-0.2, 0) is 14.6 Å². The predicted molar refractivity (Wildman–Crippen MR) is 76.5 cm³/mol. The Morgan fingerprint density at radius 3 is 2.42 bits per heavy atom. The van der Waals surface area contributed by atoms with E-state index in [-0.39, 0.29) is 18.1 Å². The molecule has 112 valence electrons. The van der Waals surface area contributed by atoms with Crippen molar-refractivity contribution in [3.8, 4) is 0 Å². The lowest BCUT2D eigenvalue weighted by Gasteiger charge is -2.33. The van der Waals surface area contributed by atoms with E-state index in [0.29, 0.717) is 0 Å². The van der Waals surface area contributed by atoms with E-state index in [1.807, 2.05) is 0 Å². The highest BCUT2D eigenvalue weighted by Crippen LogP contribution is 2.22. The molecule has 19 heavy (non-hydrogen) atoms. The van der Waals surface area contributed by atoms with Crippen LogP contribution in [0.5, 0.6) is 0 Å². The highest BCUT2D eigenvalue weighted by molar-refractivity contribution is 7.90. The van der Waals surface area contributed by atoms with Gasteiger partial charge in [-0.2, -0.15) is 0 Å². The molecule has 1 aliphatic heterocycles. The molecule has 0 spiro atoms. The van der Waals surface area contributed by atoms with Gasteiger partial charge in [0.2, 0.25) is 5.91 Å². The summed E-state index contributed by atoms with van der Waals surface area (Å²) in [4.78, 5) is 13.9. The summed E-state index contributed by atoms with van der Waals surface area (Å²) in [6.07, 6.45) is 5.87. The summed E-state index contributed by atoms with van der Waals surface area (Å²) >= 11 is 0. The zero-order valence-corrected chi connectivity index (χ0v) is 12.8. The lowest BCUT2D eigenvalue weighted by molar-refractivity contribution is -0.134. The summed E-state index contributed by atoms with van der Waals surface area (Å²) in [6, 6.07) is -0.683. The van der Waals surface area contributed by atoms with Gasteiger partial charge in [-0.3, -0.25) is 4.79 Å². The predicted octanol–water partition coefficient (Wildman–Crippen LogP) is 0.787. The van der Waals surface area contributed by atoms with Crippen LogP contribution in [0, 0.1) is 5.92 Å². The Morgan fingerprint density at radius 2 is 1.95 bits per heavy atom. The molecule has 0 aromatic heterocycles. The van der Waals surface area contributed by atoms with Crippen molar-refractivity contribution >= 4 is 15.7 Å². The van der Waals surface area contributed by atoms with E-state index >= 15 is 0 Å². The third kappa shape index (κ3) is 5.91. The van der Waals surface area contributed by atoms with E-state index in [4.69, 9.17) is 5.73 Å². The molecule has 1 aliphatic rings. The normalized spacial score (nSPS) is 19.4. The Hall–Kier alpha value is -0.620. The highest BCUT2D eigenvalue weighted by atomic mass is 32.2. The molecule has 1 heterocycles. The smallest absolute Gasteiger partial charge is 0.239 e. The lowest BCUT2D eigenvalue weighted by atomic mass is 9.92. The van der Waals surface area contributed by atoms with Crippen LogP contribution in [0.15, 0.2) is 0 Å². The van der Waals surface area contributed by atoms with Crippen LogP contribution in [0.1, 0.15) is 39.0 Å². The summed E-state index contributed by atoms with van der Waals surface area (Å²) in [5, 5.41) is 0. The first-order valence-corrected chi connectivity index (χ1v) is 9.11. The number of carbonyl (C=O) groups is 1. The maximum atomic E-state index is 12.1. The Balaban J connectivity index is 2.38. The first-order valence-electron chi connectivity index (χ1n) is 7.05. The van der Waals surface area contributed by atoms with Crippen molar-refractivity contribution in [2.24, 2.45) is 11.7 Å². The van der Waals surface area contributed by atoms with E-state index in [2.05, 4.69) is 6.92 Å². The second-order valence-corrected chi connectivity index (χ2v) is 7.84. The monoisotopic (exact) mass is 290 g/mol. The topological polar surface area (TPSA) is 80.5 Å². The lowest BCUT2D eigenvalue weighted by Crippen LogP contribution is -2.47. The van der Waals surface area contributed by atoms with Crippen LogP contribution in [0.3, 0.4) is 0 Å². The van der Waals surface area contributed by atoms with Crippen LogP contribution >= 0.6 is 0 Å². The number of hydrogen-bond donors (Lipinski definition) is 1. The summed E-state index contributed by atoms with van der Waals surface area (Å²) in [5.74, 6) is 0.603. The number of likely N-dealkylation sites (tertiary alicyclic amines) is 1. The molecule has 2 N–H and O–H groups in total. The van der Waals surface area contributed by atoms with E-state index in [1.54, 1.807) is 4.90 Å². The van der Waals surface area contributed by atoms with Gasteiger partial charge in [-0.05, 0) is 25.2 Å². The Kier molecular flexibility index (Phi) is 6.26. The van der Waals surface area contributed by atoms with Crippen LogP contribution in [-0.4, -0.2) is 50.4 Å². The number of carbonyl (C=O) groups excluding carboxylic acids is 1. The van der Waals surface area contributed by atoms with Gasteiger partial charge in [-0.25, -0.2) is 8.42 Å². The molecule has 0 aromatic rings. The zero-order valence-electron chi connectivity index (χ0n) is 12.0. The molecule has 0 radical (unpaired) electrons. The highest BCUT2D eigenvalue weighted by Gasteiger charge is 2.26. The van der Waals surface area contributed by atoms with Crippen molar-refractivity contribution in [1.29, 1.82) is 0 Å². The van der Waals surface area contributed by atoms with Gasteiger partial charge in [-0.1, -0.05) is 19.8 Å². The average molecular weight is 290 g/mol. The molecule has 1 fully saturated rings. The largest absolute Gasteiger partial charge is 0.341 e. The molecular weight excluding hydrogens is 264 g/mol. The number of rotatable bonds is 6. The zero-order chi connectivity index (χ0) is 14.5. The van der Waals surface area contributed by atoms with Gasteiger partial charge in [0, 0.05) is 19.3 Å². The molecule has 0 saturated carbocycles. The fraction of sp³-hybridized carbons (Fsp3) is 0.923. The maximum absolute atomic E-state index is 12.1. The molecule has 0 aliphatic carbocycles. The molecule has 1 atom stereocenters. The fourth-order valence-corrected chi connectivity index (χ4v) is 3.23. The van der Waals surface area contributed by atoms with Gasteiger partial charge in [-0.15, -0.1) is 0 Å². The van der Waals surface area contributed by atoms with Crippen LogP contribution < -0.4 is 5.73 Å². The molecule has 6 heteroatoms. The van der Waals surface area contributed by atoms with E-state index < -0.39 is 15.9 Å². The number of amides is 1. The number of hydrogen-bond acceptors (Lipinski definition) is 4. The Bertz CT molecular complexity index is 387. The van der Waals surface area contributed by atoms with Gasteiger partial charge < -0.3 is 10.6 Å². The van der Waals surface area contributed by atoms with Crippen molar-refractivity contribution in [2.75, 3.05) is 25.1 Å². The molecule has 1 amide bonds. The van der Waals surface area contributed by atoms with Crippen molar-refractivity contribution in [3.63, 3.8) is 0 Å². The maximum Gasteiger partial charge on any atom is 0.239 e. The minimum Gasteiger partial charge on any atom is -0.341 e. The van der Waals surface area contributed by atoms with Gasteiger partial charge in [0.25, 0.3) is 0 Å². The molecular formula is C13H26N2O3S. The van der Waals surface area contributed by atoms with Crippen LogP contribution in [0.4, 0.5) is 0 Å². The molecule has 1 saturated heterocycles. The van der Waals surface area contributed by atoms with Crippen LogP contribution in [0.2, 0.25) is 0 Å². The molecule has 1 rings (SSSR count). The Labute approximate surface area is 116 Å². The average Bonchev–Trinajstić information content (AvgIpc) is 2.35. The van der Waals surface area contributed by atoms with Gasteiger partial charge in [0.1, 0.15) is 9.84 Å². The van der Waals surface area contributed by atoms with Gasteiger partial charge >= 0.3 is 0 Å². The number of piperidine rings is 1. The summed E-state index contributed by atoms with van der Waals surface area (Å²) in [5.41, 5.74) is 5.79. The first-order chi connectivity index (χ1) is 8.83. The van der Waals surface area contributed by atoms with E-state index in [9.17, 15) is 13.2 Å². The first kappa shape index (κ1) is 16.4. The molecule has 0 bridgehead atoms. The minimum absolute atomic E-state index is 0.0216. The van der Waals surface area contributed by atoms with E-state index in [0.717, 1.165) is 31.8 Å². The summed E-state index contributed by atoms with van der Waals surface area (Å²) < 4.78 is 22.1. The second kappa shape index (κ2) is 7.24.